The van der Waals surface area contributed by atoms with Crippen LogP contribution >= 0.6 is 0 Å². The number of aryl methyl sites for hydroxylation is 1. The molecule has 0 bridgehead atoms. The van der Waals surface area contributed by atoms with Crippen LogP contribution in [-0.2, 0) is 27.2 Å². The molecule has 1 aromatic carbocycles. The predicted molar refractivity (Wildman–Crippen MR) is 93.2 cm³/mol. The predicted octanol–water partition coefficient (Wildman–Crippen LogP) is 2.26. The molecule has 0 atom stereocenters. The monoisotopic (exact) mass is 344 g/mol. The fraction of sp³-hybridized carbons (Fsp3) is 0.526. The van der Waals surface area contributed by atoms with E-state index >= 15 is 0 Å². The number of carbonyl (C=O) groups excluding carboxylic acids is 2. The number of anilines is 1. The summed E-state index contributed by atoms with van der Waals surface area (Å²) in [4.78, 5) is 34.4. The molecule has 25 heavy (non-hydrogen) atoms. The van der Waals surface area contributed by atoms with E-state index in [1.54, 1.807) is 0 Å². The van der Waals surface area contributed by atoms with E-state index in [1.165, 1.54) is 0 Å². The molecule has 6 nitrogen and oxygen atoms in total. The van der Waals surface area contributed by atoms with Gasteiger partial charge in [-0.3, -0.25) is 14.4 Å². The Morgan fingerprint density at radius 2 is 1.96 bits per heavy atom. The Kier molecular flexibility index (Phi) is 5.36. The molecule has 3 rings (SSSR count). The van der Waals surface area contributed by atoms with E-state index in [1.807, 2.05) is 18.2 Å². The Hall–Kier alpha value is -2.37. The standard InChI is InChI=1S/C19H24N2O4/c22-17(20-15-7-5-13(6-8-15)19(24)25)3-1-2-12-4-9-16-14(10-12)11-18(23)21-16/h4,9-10,13,15H,1-3,5-8,11H2,(H,20,22)(H,21,23)(H,24,25). The number of aliphatic carboxylic acids is 1. The first kappa shape index (κ1) is 17.5. The van der Waals surface area contributed by atoms with Gasteiger partial charge in [-0.1, -0.05) is 12.1 Å². The Balaban J connectivity index is 1.38. The van der Waals surface area contributed by atoms with Crippen LogP contribution in [0.15, 0.2) is 18.2 Å². The van der Waals surface area contributed by atoms with E-state index in [0.717, 1.165) is 42.5 Å². The van der Waals surface area contributed by atoms with Crippen LogP contribution in [0.4, 0.5) is 5.69 Å². The van der Waals surface area contributed by atoms with Gasteiger partial charge >= 0.3 is 5.97 Å². The number of fused-ring (bicyclic) bond motifs is 1. The second-order valence-electron chi connectivity index (χ2n) is 7.02. The van der Waals surface area contributed by atoms with Gasteiger partial charge in [-0.2, -0.15) is 0 Å². The molecular formula is C19H24N2O4. The summed E-state index contributed by atoms with van der Waals surface area (Å²) in [5, 5.41) is 14.8. The van der Waals surface area contributed by atoms with Gasteiger partial charge in [-0.25, -0.2) is 0 Å². The van der Waals surface area contributed by atoms with E-state index in [0.29, 0.717) is 25.7 Å². The van der Waals surface area contributed by atoms with E-state index in [4.69, 9.17) is 5.11 Å². The van der Waals surface area contributed by atoms with Crippen molar-refractivity contribution in [2.24, 2.45) is 5.92 Å². The molecule has 3 N–H and O–H groups in total. The highest BCUT2D eigenvalue weighted by molar-refractivity contribution is 5.99. The number of benzene rings is 1. The molecule has 2 amide bonds. The maximum Gasteiger partial charge on any atom is 0.306 e. The molecule has 134 valence electrons. The van der Waals surface area contributed by atoms with Gasteiger partial charge in [-0.05, 0) is 55.7 Å². The number of hydrogen-bond acceptors (Lipinski definition) is 3. The summed E-state index contributed by atoms with van der Waals surface area (Å²) in [5.41, 5.74) is 3.07. The van der Waals surface area contributed by atoms with E-state index in [9.17, 15) is 14.4 Å². The van der Waals surface area contributed by atoms with Gasteiger partial charge in [0.25, 0.3) is 0 Å². The number of rotatable bonds is 6. The smallest absolute Gasteiger partial charge is 0.306 e. The van der Waals surface area contributed by atoms with Crippen LogP contribution in [0.25, 0.3) is 0 Å². The molecule has 0 radical (unpaired) electrons. The van der Waals surface area contributed by atoms with Crippen LogP contribution in [0, 0.1) is 5.92 Å². The fourth-order valence-corrected chi connectivity index (χ4v) is 3.68. The molecule has 1 saturated carbocycles. The van der Waals surface area contributed by atoms with Crippen LogP contribution in [0.2, 0.25) is 0 Å². The molecule has 1 heterocycles. The normalized spacial score (nSPS) is 22.2. The molecule has 0 aromatic heterocycles. The third kappa shape index (κ3) is 4.59. The summed E-state index contributed by atoms with van der Waals surface area (Å²) in [6.07, 6.45) is 5.24. The summed E-state index contributed by atoms with van der Waals surface area (Å²) in [7, 11) is 0. The number of amides is 2. The average molecular weight is 344 g/mol. The van der Waals surface area contributed by atoms with Crippen molar-refractivity contribution in [3.8, 4) is 0 Å². The van der Waals surface area contributed by atoms with Gasteiger partial charge in [0.15, 0.2) is 0 Å². The summed E-state index contributed by atoms with van der Waals surface area (Å²) in [6, 6.07) is 6.07. The van der Waals surface area contributed by atoms with Crippen LogP contribution in [0.1, 0.15) is 49.7 Å². The lowest BCUT2D eigenvalue weighted by atomic mass is 9.86. The molecule has 1 aliphatic carbocycles. The zero-order chi connectivity index (χ0) is 17.8. The van der Waals surface area contributed by atoms with Crippen molar-refractivity contribution in [2.75, 3.05) is 5.32 Å². The quantitative estimate of drug-likeness (QED) is 0.737. The van der Waals surface area contributed by atoms with Gasteiger partial charge < -0.3 is 15.7 Å². The highest BCUT2D eigenvalue weighted by atomic mass is 16.4. The van der Waals surface area contributed by atoms with Crippen LogP contribution in [0.5, 0.6) is 0 Å². The molecule has 1 aromatic rings. The molecule has 0 saturated heterocycles. The largest absolute Gasteiger partial charge is 0.481 e. The molecule has 1 fully saturated rings. The van der Waals surface area contributed by atoms with Gasteiger partial charge in [0.1, 0.15) is 0 Å². The van der Waals surface area contributed by atoms with Crippen molar-refractivity contribution >= 4 is 23.5 Å². The minimum absolute atomic E-state index is 0.0316. The summed E-state index contributed by atoms with van der Waals surface area (Å²) in [6.45, 7) is 0. The van der Waals surface area contributed by atoms with E-state index in [2.05, 4.69) is 10.6 Å². The Bertz CT molecular complexity index is 678. The van der Waals surface area contributed by atoms with Crippen LogP contribution in [0.3, 0.4) is 0 Å². The van der Waals surface area contributed by atoms with Gasteiger partial charge in [0.2, 0.25) is 11.8 Å². The SMILES string of the molecule is O=C1Cc2cc(CCCC(=O)NC3CCC(C(=O)O)CC3)ccc2N1. The van der Waals surface area contributed by atoms with Gasteiger partial charge in [0.05, 0.1) is 12.3 Å². The second kappa shape index (κ2) is 7.68. The van der Waals surface area contributed by atoms with Crippen molar-refractivity contribution in [3.63, 3.8) is 0 Å². The Labute approximate surface area is 147 Å². The lowest BCUT2D eigenvalue weighted by Gasteiger charge is -2.26. The minimum Gasteiger partial charge on any atom is -0.481 e. The number of hydrogen-bond donors (Lipinski definition) is 3. The minimum atomic E-state index is -0.726. The molecule has 0 unspecified atom stereocenters. The fourth-order valence-electron chi connectivity index (χ4n) is 3.68. The van der Waals surface area contributed by atoms with E-state index < -0.39 is 5.97 Å². The lowest BCUT2D eigenvalue weighted by molar-refractivity contribution is -0.142. The van der Waals surface area contributed by atoms with Gasteiger partial charge in [-0.15, -0.1) is 0 Å². The Morgan fingerprint density at radius 1 is 1.20 bits per heavy atom. The van der Waals surface area contributed by atoms with Crippen LogP contribution in [-0.4, -0.2) is 28.9 Å². The zero-order valence-corrected chi connectivity index (χ0v) is 14.2. The maximum atomic E-state index is 12.1. The highest BCUT2D eigenvalue weighted by Gasteiger charge is 2.26. The summed E-state index contributed by atoms with van der Waals surface area (Å²) < 4.78 is 0. The maximum absolute atomic E-state index is 12.1. The van der Waals surface area contributed by atoms with Crippen molar-refractivity contribution in [1.82, 2.24) is 5.32 Å². The second-order valence-corrected chi connectivity index (χ2v) is 7.02. The van der Waals surface area contributed by atoms with Crippen molar-refractivity contribution in [2.45, 2.75) is 57.4 Å². The topological polar surface area (TPSA) is 95.5 Å². The molecular weight excluding hydrogens is 320 g/mol. The average Bonchev–Trinajstić information content (AvgIpc) is 2.94. The van der Waals surface area contributed by atoms with Crippen molar-refractivity contribution < 1.29 is 19.5 Å². The number of carboxylic acids is 1. The number of carbonyl (C=O) groups is 3. The third-order valence-electron chi connectivity index (χ3n) is 5.11. The first-order valence-electron chi connectivity index (χ1n) is 8.95. The Morgan fingerprint density at radius 3 is 2.68 bits per heavy atom. The summed E-state index contributed by atoms with van der Waals surface area (Å²) >= 11 is 0. The highest BCUT2D eigenvalue weighted by Crippen LogP contribution is 2.25. The number of carboxylic acid groups (broad SMARTS) is 1. The molecule has 2 aliphatic rings. The molecule has 1 aliphatic heterocycles. The first-order valence-corrected chi connectivity index (χ1v) is 8.95. The molecule has 6 heteroatoms. The van der Waals surface area contributed by atoms with Gasteiger partial charge in [0, 0.05) is 18.2 Å². The van der Waals surface area contributed by atoms with Crippen molar-refractivity contribution in [1.29, 1.82) is 0 Å². The lowest BCUT2D eigenvalue weighted by Crippen LogP contribution is -2.38. The van der Waals surface area contributed by atoms with Crippen LogP contribution < -0.4 is 10.6 Å². The summed E-state index contributed by atoms with van der Waals surface area (Å²) in [5.74, 6) is -0.911. The van der Waals surface area contributed by atoms with Crippen molar-refractivity contribution in [3.05, 3.63) is 29.3 Å². The first-order chi connectivity index (χ1) is 12.0. The molecule has 0 spiro atoms. The third-order valence-corrected chi connectivity index (χ3v) is 5.11. The zero-order valence-electron chi connectivity index (χ0n) is 14.2. The number of nitrogens with one attached hydrogen (secondary N) is 2. The van der Waals surface area contributed by atoms with E-state index in [-0.39, 0.29) is 23.8 Å².